The number of halogens is 2. The highest BCUT2D eigenvalue weighted by molar-refractivity contribution is 9.10. The third-order valence-electron chi connectivity index (χ3n) is 4.24. The van der Waals surface area contributed by atoms with Crippen molar-refractivity contribution in [3.63, 3.8) is 0 Å². The third-order valence-corrected chi connectivity index (χ3v) is 5.30. The molecule has 0 saturated carbocycles. The Bertz CT molecular complexity index is 1110. The fourth-order valence-corrected chi connectivity index (χ4v) is 3.27. The van der Waals surface area contributed by atoms with Crippen LogP contribution in [-0.2, 0) is 18.1 Å². The first kappa shape index (κ1) is 22.6. The molecule has 3 aromatic rings. The second kappa shape index (κ2) is 10.8. The van der Waals surface area contributed by atoms with Gasteiger partial charge in [-0.3, -0.25) is 10.1 Å². The summed E-state index contributed by atoms with van der Waals surface area (Å²) in [5, 5.41) is 15.4. The first-order valence-corrected chi connectivity index (χ1v) is 10.3. The smallest absolute Gasteiger partial charge is 0.269 e. The second-order valence-corrected chi connectivity index (χ2v) is 7.60. The average molecular weight is 506 g/mol. The largest absolute Gasteiger partial charge is 0.493 e. The van der Waals surface area contributed by atoms with Crippen LogP contribution in [0.3, 0.4) is 0 Å². The van der Waals surface area contributed by atoms with Gasteiger partial charge in [-0.05, 0) is 39.7 Å². The number of nitro benzene ring substituents is 1. The molecule has 0 unspecified atom stereocenters. The molecule has 0 spiro atoms. The van der Waals surface area contributed by atoms with Crippen LogP contribution in [0.4, 0.5) is 5.69 Å². The van der Waals surface area contributed by atoms with Crippen LogP contribution < -0.4 is 9.47 Å². The number of hydrogen-bond donors (Lipinski definition) is 0. The van der Waals surface area contributed by atoms with E-state index in [9.17, 15) is 10.1 Å². The molecule has 0 bridgehead atoms. The van der Waals surface area contributed by atoms with Crippen molar-refractivity contribution in [3.05, 3.63) is 97.0 Å². The van der Waals surface area contributed by atoms with Crippen LogP contribution >= 0.6 is 27.5 Å². The van der Waals surface area contributed by atoms with Crippen LogP contribution in [0.25, 0.3) is 0 Å². The molecule has 0 saturated heterocycles. The van der Waals surface area contributed by atoms with E-state index in [1.807, 2.05) is 18.2 Å². The lowest BCUT2D eigenvalue weighted by Crippen LogP contribution is -2.00. The summed E-state index contributed by atoms with van der Waals surface area (Å²) in [4.78, 5) is 15.7. The van der Waals surface area contributed by atoms with Gasteiger partial charge in [0.05, 0.1) is 18.2 Å². The molecule has 0 fully saturated rings. The summed E-state index contributed by atoms with van der Waals surface area (Å²) in [5.74, 6) is 1.07. The summed E-state index contributed by atoms with van der Waals surface area (Å²) in [5.41, 5.74) is 2.22. The van der Waals surface area contributed by atoms with Gasteiger partial charge in [0, 0.05) is 32.8 Å². The van der Waals surface area contributed by atoms with E-state index in [2.05, 4.69) is 21.1 Å². The minimum atomic E-state index is -0.453. The lowest BCUT2D eigenvalue weighted by atomic mass is 10.2. The number of rotatable bonds is 9. The molecule has 9 heteroatoms. The summed E-state index contributed by atoms with van der Waals surface area (Å²) in [6, 6.07) is 17.2. The van der Waals surface area contributed by atoms with Gasteiger partial charge in [-0.1, -0.05) is 47.1 Å². The van der Waals surface area contributed by atoms with Crippen molar-refractivity contribution in [1.29, 1.82) is 0 Å². The maximum atomic E-state index is 10.8. The van der Waals surface area contributed by atoms with Crippen molar-refractivity contribution < 1.29 is 19.2 Å². The van der Waals surface area contributed by atoms with E-state index in [1.54, 1.807) is 37.4 Å². The van der Waals surface area contributed by atoms with E-state index in [0.29, 0.717) is 34.3 Å². The molecule has 3 rings (SSSR count). The zero-order chi connectivity index (χ0) is 22.2. The molecule has 0 aromatic heterocycles. The van der Waals surface area contributed by atoms with E-state index in [-0.39, 0.29) is 12.3 Å². The van der Waals surface area contributed by atoms with Gasteiger partial charge in [0.15, 0.2) is 11.5 Å². The highest BCUT2D eigenvalue weighted by Gasteiger charge is 2.11. The first-order chi connectivity index (χ1) is 15.0. The Morgan fingerprint density at radius 2 is 1.90 bits per heavy atom. The SMILES string of the molecule is COc1cc(/C=N\OCc2cccc([N+](=O)[O-])c2)c(Br)cc1OCc1ccccc1Cl. The van der Waals surface area contributed by atoms with Crippen LogP contribution in [0.1, 0.15) is 16.7 Å². The van der Waals surface area contributed by atoms with Gasteiger partial charge in [-0.15, -0.1) is 0 Å². The van der Waals surface area contributed by atoms with E-state index in [4.69, 9.17) is 25.9 Å². The normalized spacial score (nSPS) is 10.8. The van der Waals surface area contributed by atoms with Crippen molar-refractivity contribution in [2.45, 2.75) is 13.2 Å². The summed E-state index contributed by atoms with van der Waals surface area (Å²) in [7, 11) is 1.55. The Kier molecular flexibility index (Phi) is 7.86. The van der Waals surface area contributed by atoms with Gasteiger partial charge in [-0.25, -0.2) is 0 Å². The minimum Gasteiger partial charge on any atom is -0.493 e. The molecule has 0 aliphatic carbocycles. The van der Waals surface area contributed by atoms with Crippen molar-refractivity contribution in [1.82, 2.24) is 0 Å². The van der Waals surface area contributed by atoms with Gasteiger partial charge >= 0.3 is 0 Å². The zero-order valence-corrected chi connectivity index (χ0v) is 18.8. The summed E-state index contributed by atoms with van der Waals surface area (Å²) < 4.78 is 12.0. The number of hydrogen-bond acceptors (Lipinski definition) is 6. The van der Waals surface area contributed by atoms with Crippen LogP contribution in [0, 0.1) is 10.1 Å². The molecule has 31 heavy (non-hydrogen) atoms. The molecule has 0 radical (unpaired) electrons. The predicted molar refractivity (Wildman–Crippen MR) is 122 cm³/mol. The number of nitro groups is 1. The zero-order valence-electron chi connectivity index (χ0n) is 16.5. The molecule has 160 valence electrons. The first-order valence-electron chi connectivity index (χ1n) is 9.10. The van der Waals surface area contributed by atoms with E-state index < -0.39 is 4.92 Å². The van der Waals surface area contributed by atoms with Gasteiger partial charge in [0.1, 0.15) is 13.2 Å². The van der Waals surface area contributed by atoms with Crippen molar-refractivity contribution in [3.8, 4) is 11.5 Å². The number of non-ortho nitro benzene ring substituents is 1. The molecule has 0 aliphatic rings. The molecule has 0 amide bonds. The fourth-order valence-electron chi connectivity index (χ4n) is 2.66. The maximum absolute atomic E-state index is 10.8. The molecular weight excluding hydrogens is 488 g/mol. The number of benzene rings is 3. The maximum Gasteiger partial charge on any atom is 0.269 e. The van der Waals surface area contributed by atoms with E-state index >= 15 is 0 Å². The topological polar surface area (TPSA) is 83.2 Å². The van der Waals surface area contributed by atoms with Crippen molar-refractivity contribution in [2.24, 2.45) is 5.16 Å². The van der Waals surface area contributed by atoms with E-state index in [0.717, 1.165) is 10.0 Å². The molecule has 0 heterocycles. The Balaban J connectivity index is 1.66. The van der Waals surface area contributed by atoms with Crippen molar-refractivity contribution >= 4 is 39.4 Å². The number of oxime groups is 1. The van der Waals surface area contributed by atoms with Gasteiger partial charge < -0.3 is 14.3 Å². The molecule has 0 atom stereocenters. The highest BCUT2D eigenvalue weighted by atomic mass is 79.9. The molecular formula is C22H18BrClN2O5. The Morgan fingerprint density at radius 3 is 2.65 bits per heavy atom. The highest BCUT2D eigenvalue weighted by Crippen LogP contribution is 2.34. The van der Waals surface area contributed by atoms with Crippen molar-refractivity contribution in [2.75, 3.05) is 7.11 Å². The van der Waals surface area contributed by atoms with Gasteiger partial charge in [-0.2, -0.15) is 0 Å². The van der Waals surface area contributed by atoms with Gasteiger partial charge in [0.2, 0.25) is 0 Å². The molecule has 0 aliphatic heterocycles. The number of nitrogens with zero attached hydrogens (tertiary/aromatic N) is 2. The summed E-state index contributed by atoms with van der Waals surface area (Å²) >= 11 is 9.67. The lowest BCUT2D eigenvalue weighted by Gasteiger charge is -2.13. The van der Waals surface area contributed by atoms with Crippen LogP contribution in [0.2, 0.25) is 5.02 Å². The minimum absolute atomic E-state index is 0.00457. The van der Waals surface area contributed by atoms with Gasteiger partial charge in [0.25, 0.3) is 5.69 Å². The fraction of sp³-hybridized carbons (Fsp3) is 0.136. The molecule has 0 N–H and O–H groups in total. The molecule has 3 aromatic carbocycles. The average Bonchev–Trinajstić information content (AvgIpc) is 2.77. The van der Waals surface area contributed by atoms with Crippen LogP contribution in [0.5, 0.6) is 11.5 Å². The Labute approximate surface area is 192 Å². The van der Waals surface area contributed by atoms with Crippen LogP contribution in [-0.4, -0.2) is 18.2 Å². The Morgan fingerprint density at radius 1 is 1.10 bits per heavy atom. The summed E-state index contributed by atoms with van der Waals surface area (Å²) in [6.07, 6.45) is 1.52. The monoisotopic (exact) mass is 504 g/mol. The summed E-state index contributed by atoms with van der Waals surface area (Å²) in [6.45, 7) is 0.397. The number of ether oxygens (including phenoxy) is 2. The Hall–Kier alpha value is -3.10. The molecule has 7 nitrogen and oxygen atoms in total. The van der Waals surface area contributed by atoms with Crippen LogP contribution in [0.15, 0.2) is 70.3 Å². The number of methoxy groups -OCH3 is 1. The van der Waals surface area contributed by atoms with E-state index in [1.165, 1.54) is 18.3 Å². The predicted octanol–water partition coefficient (Wildman–Crippen LogP) is 6.15. The second-order valence-electron chi connectivity index (χ2n) is 6.34. The standard InChI is InChI=1S/C22H18BrClN2O5/c1-29-21-10-17(12-25-31-13-15-5-4-7-18(9-15)26(27)28)19(23)11-22(21)30-14-16-6-2-3-8-20(16)24/h2-12H,13-14H2,1H3/b25-12-. The lowest BCUT2D eigenvalue weighted by molar-refractivity contribution is -0.384. The quantitative estimate of drug-likeness (QED) is 0.198. The third kappa shape index (κ3) is 6.19.